The van der Waals surface area contributed by atoms with Crippen LogP contribution < -0.4 is 10.6 Å². The van der Waals surface area contributed by atoms with Gasteiger partial charge in [0.1, 0.15) is 0 Å². The molecule has 1 amide bonds. The minimum Gasteiger partial charge on any atom is -0.325 e. The van der Waals surface area contributed by atoms with Crippen LogP contribution in [0.2, 0.25) is 0 Å². The molecule has 1 unspecified atom stereocenters. The molecular weight excluding hydrogens is 212 g/mol. The molecule has 0 saturated carbocycles. The third kappa shape index (κ3) is 4.57. The Morgan fingerprint density at radius 3 is 2.41 bits per heavy atom. The van der Waals surface area contributed by atoms with Crippen molar-refractivity contribution in [2.24, 2.45) is 0 Å². The Balaban J connectivity index is 2.53. The molecule has 0 aliphatic heterocycles. The fourth-order valence-electron chi connectivity index (χ4n) is 1.57. The van der Waals surface area contributed by atoms with Crippen molar-refractivity contribution in [1.82, 2.24) is 5.32 Å². The molecule has 3 nitrogen and oxygen atoms in total. The quantitative estimate of drug-likeness (QED) is 0.794. The number of nitrogens with one attached hydrogen (secondary N) is 2. The van der Waals surface area contributed by atoms with Crippen LogP contribution >= 0.6 is 0 Å². The molecule has 94 valence electrons. The molecule has 0 aromatic heterocycles. The fourth-order valence-corrected chi connectivity index (χ4v) is 1.57. The molecule has 2 N–H and O–H groups in total. The van der Waals surface area contributed by atoms with Crippen molar-refractivity contribution in [1.29, 1.82) is 0 Å². The van der Waals surface area contributed by atoms with Crippen molar-refractivity contribution >= 4 is 11.6 Å². The smallest absolute Gasteiger partial charge is 0.238 e. The normalized spacial score (nSPS) is 12.2. The number of amides is 1. The molecule has 1 atom stereocenters. The Morgan fingerprint density at radius 2 is 1.88 bits per heavy atom. The highest BCUT2D eigenvalue weighted by atomic mass is 16.1. The third-order valence-electron chi connectivity index (χ3n) is 2.91. The summed E-state index contributed by atoms with van der Waals surface area (Å²) in [7, 11) is 0. The number of benzene rings is 1. The van der Waals surface area contributed by atoms with Crippen LogP contribution in [0, 0.1) is 0 Å². The van der Waals surface area contributed by atoms with Gasteiger partial charge >= 0.3 is 0 Å². The van der Waals surface area contributed by atoms with Gasteiger partial charge in [-0.05, 0) is 36.6 Å². The second-order valence-corrected chi connectivity index (χ2v) is 4.26. The van der Waals surface area contributed by atoms with Crippen LogP contribution in [0.1, 0.15) is 38.7 Å². The number of likely N-dealkylation sites (N-methyl/N-ethyl adjacent to an activating group) is 1. The van der Waals surface area contributed by atoms with E-state index >= 15 is 0 Å². The van der Waals surface area contributed by atoms with E-state index < -0.39 is 0 Å². The zero-order valence-corrected chi connectivity index (χ0v) is 10.9. The Morgan fingerprint density at radius 1 is 1.24 bits per heavy atom. The van der Waals surface area contributed by atoms with Crippen LogP contribution in [-0.4, -0.2) is 19.0 Å². The number of rotatable bonds is 6. The van der Waals surface area contributed by atoms with Crippen molar-refractivity contribution in [3.05, 3.63) is 29.8 Å². The third-order valence-corrected chi connectivity index (χ3v) is 2.91. The van der Waals surface area contributed by atoms with Gasteiger partial charge in [0.15, 0.2) is 0 Å². The SMILES string of the molecule is CCNCC(=O)Nc1ccc(C(C)CC)cc1. The van der Waals surface area contributed by atoms with Gasteiger partial charge in [-0.25, -0.2) is 0 Å². The molecule has 0 aliphatic rings. The molecule has 0 spiro atoms. The predicted octanol–water partition coefficient (Wildman–Crippen LogP) is 2.75. The lowest BCUT2D eigenvalue weighted by molar-refractivity contribution is -0.115. The summed E-state index contributed by atoms with van der Waals surface area (Å²) in [6.07, 6.45) is 1.13. The minimum atomic E-state index is 0.00291. The van der Waals surface area contributed by atoms with Gasteiger partial charge in [-0.1, -0.05) is 32.9 Å². The Kier molecular flexibility index (Phi) is 5.70. The van der Waals surface area contributed by atoms with Gasteiger partial charge in [-0.3, -0.25) is 4.79 Å². The van der Waals surface area contributed by atoms with Crippen molar-refractivity contribution in [2.45, 2.75) is 33.1 Å². The summed E-state index contributed by atoms with van der Waals surface area (Å²) in [5, 5.41) is 5.85. The van der Waals surface area contributed by atoms with E-state index in [9.17, 15) is 4.79 Å². The molecule has 1 rings (SSSR count). The number of hydrogen-bond acceptors (Lipinski definition) is 2. The van der Waals surface area contributed by atoms with Gasteiger partial charge in [0, 0.05) is 5.69 Å². The highest BCUT2D eigenvalue weighted by molar-refractivity contribution is 5.92. The maximum atomic E-state index is 11.5. The van der Waals surface area contributed by atoms with Crippen molar-refractivity contribution in [3.63, 3.8) is 0 Å². The Hall–Kier alpha value is -1.35. The lowest BCUT2D eigenvalue weighted by atomic mass is 9.99. The van der Waals surface area contributed by atoms with Crippen LogP contribution in [0.5, 0.6) is 0 Å². The van der Waals surface area contributed by atoms with E-state index in [4.69, 9.17) is 0 Å². The van der Waals surface area contributed by atoms with Gasteiger partial charge in [0.05, 0.1) is 6.54 Å². The van der Waals surface area contributed by atoms with Crippen LogP contribution in [0.4, 0.5) is 5.69 Å². The first-order valence-corrected chi connectivity index (χ1v) is 6.27. The fraction of sp³-hybridized carbons (Fsp3) is 0.500. The number of carbonyl (C=O) groups excluding carboxylic acids is 1. The van der Waals surface area contributed by atoms with Crippen LogP contribution in [0.25, 0.3) is 0 Å². The predicted molar refractivity (Wildman–Crippen MR) is 72.3 cm³/mol. The zero-order valence-electron chi connectivity index (χ0n) is 10.9. The van der Waals surface area contributed by atoms with E-state index in [1.54, 1.807) is 0 Å². The molecule has 0 saturated heterocycles. The maximum Gasteiger partial charge on any atom is 0.238 e. The van der Waals surface area contributed by atoms with Gasteiger partial charge in [0.2, 0.25) is 5.91 Å². The minimum absolute atomic E-state index is 0.00291. The topological polar surface area (TPSA) is 41.1 Å². The molecule has 0 heterocycles. The number of hydrogen-bond donors (Lipinski definition) is 2. The Bertz CT molecular complexity index is 346. The Labute approximate surface area is 104 Å². The first-order chi connectivity index (χ1) is 8.17. The van der Waals surface area contributed by atoms with E-state index in [-0.39, 0.29) is 5.91 Å². The molecule has 0 bridgehead atoms. The highest BCUT2D eigenvalue weighted by Gasteiger charge is 2.04. The van der Waals surface area contributed by atoms with Gasteiger partial charge in [-0.2, -0.15) is 0 Å². The van der Waals surface area contributed by atoms with E-state index in [1.807, 2.05) is 19.1 Å². The number of carbonyl (C=O) groups is 1. The van der Waals surface area contributed by atoms with E-state index in [1.165, 1.54) is 5.56 Å². The summed E-state index contributed by atoms with van der Waals surface area (Å²) >= 11 is 0. The monoisotopic (exact) mass is 234 g/mol. The van der Waals surface area contributed by atoms with Crippen molar-refractivity contribution < 1.29 is 4.79 Å². The van der Waals surface area contributed by atoms with Gasteiger partial charge in [-0.15, -0.1) is 0 Å². The summed E-state index contributed by atoms with van der Waals surface area (Å²) in [4.78, 5) is 11.5. The van der Waals surface area contributed by atoms with Crippen molar-refractivity contribution in [3.8, 4) is 0 Å². The average molecular weight is 234 g/mol. The summed E-state index contributed by atoms with van der Waals surface area (Å²) in [5.74, 6) is 0.574. The molecule has 17 heavy (non-hydrogen) atoms. The molecular formula is C14H22N2O. The molecule has 3 heteroatoms. The van der Waals surface area contributed by atoms with Crippen molar-refractivity contribution in [2.75, 3.05) is 18.4 Å². The molecule has 1 aromatic rings. The first kappa shape index (κ1) is 13.7. The van der Waals surface area contributed by atoms with Gasteiger partial charge in [0.25, 0.3) is 0 Å². The zero-order chi connectivity index (χ0) is 12.7. The summed E-state index contributed by atoms with van der Waals surface area (Å²) in [5.41, 5.74) is 2.18. The van der Waals surface area contributed by atoms with Crippen LogP contribution in [-0.2, 0) is 4.79 Å². The second-order valence-electron chi connectivity index (χ2n) is 4.26. The standard InChI is InChI=1S/C14H22N2O/c1-4-11(3)12-6-8-13(9-7-12)16-14(17)10-15-5-2/h6-9,11,15H,4-5,10H2,1-3H3,(H,16,17). The molecule has 0 aliphatic carbocycles. The van der Waals surface area contributed by atoms with Gasteiger partial charge < -0.3 is 10.6 Å². The van der Waals surface area contributed by atoms with E-state index in [0.717, 1.165) is 18.7 Å². The summed E-state index contributed by atoms with van der Waals surface area (Å²) in [6.45, 7) is 7.54. The highest BCUT2D eigenvalue weighted by Crippen LogP contribution is 2.20. The van der Waals surface area contributed by atoms with E-state index in [2.05, 4.69) is 36.6 Å². The number of anilines is 1. The molecule has 1 aromatic carbocycles. The average Bonchev–Trinajstić information content (AvgIpc) is 2.36. The first-order valence-electron chi connectivity index (χ1n) is 6.27. The maximum absolute atomic E-state index is 11.5. The largest absolute Gasteiger partial charge is 0.325 e. The summed E-state index contributed by atoms with van der Waals surface area (Å²) in [6, 6.07) is 8.09. The molecule has 0 fully saturated rings. The second kappa shape index (κ2) is 7.07. The lowest BCUT2D eigenvalue weighted by Gasteiger charge is -2.10. The molecule has 0 radical (unpaired) electrons. The van der Waals surface area contributed by atoms with E-state index in [0.29, 0.717) is 12.5 Å². The summed E-state index contributed by atoms with van der Waals surface area (Å²) < 4.78 is 0. The van der Waals surface area contributed by atoms with Crippen LogP contribution in [0.3, 0.4) is 0 Å². The lowest BCUT2D eigenvalue weighted by Crippen LogP contribution is -2.27. The van der Waals surface area contributed by atoms with Crippen LogP contribution in [0.15, 0.2) is 24.3 Å².